The van der Waals surface area contributed by atoms with Gasteiger partial charge in [-0.2, -0.15) is 0 Å². The highest BCUT2D eigenvalue weighted by Crippen LogP contribution is 2.42. The summed E-state index contributed by atoms with van der Waals surface area (Å²) >= 11 is 5.80. The van der Waals surface area contributed by atoms with Crippen LogP contribution in [0.1, 0.15) is 40.4 Å². The van der Waals surface area contributed by atoms with Crippen LogP contribution in [0.15, 0.2) is 73.1 Å². The third kappa shape index (κ3) is 4.51. The smallest absolute Gasteiger partial charge is 0.296 e. The minimum atomic E-state index is -0.382. The number of nitro benzene ring substituents is 1. The molecule has 4 aromatic rings. The number of ether oxygens (including phenoxy) is 1. The lowest BCUT2D eigenvalue weighted by molar-refractivity contribution is -0.384. The van der Waals surface area contributed by atoms with Gasteiger partial charge in [0.1, 0.15) is 11.4 Å². The molecule has 0 unspecified atom stereocenters. The van der Waals surface area contributed by atoms with Gasteiger partial charge in [0.15, 0.2) is 5.11 Å². The molecule has 0 aliphatic carbocycles. The first-order chi connectivity index (χ1) is 17.9. The fourth-order valence-electron chi connectivity index (χ4n) is 5.00. The molecule has 10 heteroatoms. The fourth-order valence-corrected chi connectivity index (χ4v) is 5.31. The van der Waals surface area contributed by atoms with Gasteiger partial charge >= 0.3 is 0 Å². The van der Waals surface area contributed by atoms with Crippen molar-refractivity contribution in [3.05, 3.63) is 112 Å². The van der Waals surface area contributed by atoms with Gasteiger partial charge in [-0.15, -0.1) is 0 Å². The maximum Gasteiger partial charge on any atom is 0.296 e. The van der Waals surface area contributed by atoms with E-state index in [1.807, 2.05) is 54.8 Å². The van der Waals surface area contributed by atoms with Crippen molar-refractivity contribution in [3.8, 4) is 11.4 Å². The Balaban J connectivity index is 1.65. The molecule has 0 spiro atoms. The van der Waals surface area contributed by atoms with Crippen LogP contribution < -0.4 is 10.1 Å². The molecule has 1 N–H and O–H groups in total. The molecule has 3 aromatic heterocycles. The maximum absolute atomic E-state index is 12.0. The Labute approximate surface area is 219 Å². The van der Waals surface area contributed by atoms with Gasteiger partial charge in [-0.1, -0.05) is 12.1 Å². The third-order valence-corrected chi connectivity index (χ3v) is 7.02. The molecule has 37 heavy (non-hydrogen) atoms. The Morgan fingerprint density at radius 3 is 2.49 bits per heavy atom. The van der Waals surface area contributed by atoms with E-state index in [0.717, 1.165) is 28.3 Å². The lowest BCUT2D eigenvalue weighted by atomic mass is 9.96. The Morgan fingerprint density at radius 1 is 1.08 bits per heavy atom. The lowest BCUT2D eigenvalue weighted by Crippen LogP contribution is -2.29. The maximum atomic E-state index is 12.0. The van der Waals surface area contributed by atoms with Gasteiger partial charge in [-0.25, -0.2) is 0 Å². The average molecular weight is 515 g/mol. The normalized spacial score (nSPS) is 17.1. The molecule has 5 rings (SSSR count). The first kappa shape index (κ1) is 24.4. The van der Waals surface area contributed by atoms with E-state index in [0.29, 0.717) is 23.1 Å². The number of nitro groups is 1. The van der Waals surface area contributed by atoms with Crippen LogP contribution in [-0.4, -0.2) is 36.6 Å². The van der Waals surface area contributed by atoms with E-state index in [2.05, 4.69) is 26.3 Å². The third-order valence-electron chi connectivity index (χ3n) is 6.67. The molecule has 1 aliphatic heterocycles. The number of aromatic nitrogens is 3. The second kappa shape index (κ2) is 9.98. The number of nitrogens with one attached hydrogen (secondary N) is 1. The van der Waals surface area contributed by atoms with Gasteiger partial charge in [0.2, 0.25) is 0 Å². The highest BCUT2D eigenvalue weighted by Gasteiger charge is 2.41. The first-order valence-electron chi connectivity index (χ1n) is 11.8. The number of aryl methyl sites for hydroxylation is 1. The number of benzene rings is 1. The average Bonchev–Trinajstić information content (AvgIpc) is 3.39. The molecule has 2 atom stereocenters. The van der Waals surface area contributed by atoms with Gasteiger partial charge in [-0.3, -0.25) is 20.1 Å². The van der Waals surface area contributed by atoms with Gasteiger partial charge in [0.25, 0.3) is 5.69 Å². The number of hydrogen-bond acceptors (Lipinski definition) is 6. The van der Waals surface area contributed by atoms with Crippen molar-refractivity contribution in [1.29, 1.82) is 0 Å². The van der Waals surface area contributed by atoms with E-state index in [-0.39, 0.29) is 22.7 Å². The highest BCUT2D eigenvalue weighted by atomic mass is 32.1. The SMILES string of the molecule is COc1ccc(-n2c(C)cc([C@H]3[C@@H](c4ccccn4)NC(=S)N3Cc3ccccn3)c2C)c([N+](=O)[O-])c1. The Bertz CT molecular complexity index is 1460. The van der Waals surface area contributed by atoms with Gasteiger partial charge in [-0.05, 0) is 74.1 Å². The lowest BCUT2D eigenvalue weighted by Gasteiger charge is -2.28. The van der Waals surface area contributed by atoms with Crippen LogP contribution in [-0.2, 0) is 6.54 Å². The predicted octanol–water partition coefficient (Wildman–Crippen LogP) is 4.97. The Morgan fingerprint density at radius 2 is 1.84 bits per heavy atom. The molecule has 0 bridgehead atoms. The van der Waals surface area contributed by atoms with Crippen molar-refractivity contribution >= 4 is 23.0 Å². The van der Waals surface area contributed by atoms with Crippen molar-refractivity contribution in [2.75, 3.05) is 7.11 Å². The van der Waals surface area contributed by atoms with Crippen LogP contribution in [0.25, 0.3) is 5.69 Å². The summed E-state index contributed by atoms with van der Waals surface area (Å²) in [7, 11) is 1.49. The highest BCUT2D eigenvalue weighted by molar-refractivity contribution is 7.80. The molecule has 1 aliphatic rings. The van der Waals surface area contributed by atoms with Crippen molar-refractivity contribution in [2.24, 2.45) is 0 Å². The second-order valence-corrected chi connectivity index (χ2v) is 9.24. The number of nitrogens with zero attached hydrogens (tertiary/aromatic N) is 5. The first-order valence-corrected chi connectivity index (χ1v) is 12.2. The summed E-state index contributed by atoms with van der Waals surface area (Å²) in [6.45, 7) is 4.43. The topological polar surface area (TPSA) is 98.3 Å². The molecule has 0 saturated carbocycles. The van der Waals surface area contributed by atoms with Crippen LogP contribution in [0.4, 0.5) is 5.69 Å². The zero-order valence-electron chi connectivity index (χ0n) is 20.7. The van der Waals surface area contributed by atoms with Crippen molar-refractivity contribution < 1.29 is 9.66 Å². The minimum absolute atomic E-state index is 0.0283. The van der Waals surface area contributed by atoms with Gasteiger partial charge < -0.3 is 19.5 Å². The molecule has 1 fully saturated rings. The predicted molar refractivity (Wildman–Crippen MR) is 144 cm³/mol. The summed E-state index contributed by atoms with van der Waals surface area (Å²) in [4.78, 5) is 22.8. The number of thiocarbonyl (C=S) groups is 1. The summed E-state index contributed by atoms with van der Waals surface area (Å²) in [6.07, 6.45) is 3.53. The fraction of sp³-hybridized carbons (Fsp3) is 0.222. The van der Waals surface area contributed by atoms with E-state index in [1.54, 1.807) is 24.5 Å². The molecular weight excluding hydrogens is 488 g/mol. The largest absolute Gasteiger partial charge is 0.496 e. The zero-order chi connectivity index (χ0) is 26.1. The standard InChI is InChI=1S/C27H26N6O3S/c1-17-14-21(18(2)32(17)23-11-10-20(36-3)15-24(23)33(34)35)26-25(22-9-5-7-13-29-22)30-27(37)31(26)16-19-8-4-6-12-28-19/h4-15,25-26H,16H2,1-3H3,(H,30,37)/t25-,26+/m1/s1. The van der Waals surface area contributed by atoms with Crippen molar-refractivity contribution in [3.63, 3.8) is 0 Å². The minimum Gasteiger partial charge on any atom is -0.496 e. The van der Waals surface area contributed by atoms with Crippen molar-refractivity contribution in [2.45, 2.75) is 32.5 Å². The van der Waals surface area contributed by atoms with Gasteiger partial charge in [0, 0.05) is 23.8 Å². The molecular formula is C27H26N6O3S. The summed E-state index contributed by atoms with van der Waals surface area (Å²) in [5.41, 5.74) is 4.95. The Kier molecular flexibility index (Phi) is 6.58. The summed E-state index contributed by atoms with van der Waals surface area (Å²) in [5, 5.41) is 16.0. The van der Waals surface area contributed by atoms with E-state index < -0.39 is 0 Å². The molecule has 188 valence electrons. The van der Waals surface area contributed by atoms with Crippen molar-refractivity contribution in [1.82, 2.24) is 24.8 Å². The van der Waals surface area contributed by atoms with E-state index in [9.17, 15) is 10.1 Å². The Hall–Kier alpha value is -4.31. The van der Waals surface area contributed by atoms with Crippen LogP contribution in [0.3, 0.4) is 0 Å². The molecule has 1 saturated heterocycles. The quantitative estimate of drug-likeness (QED) is 0.210. The van der Waals surface area contributed by atoms with Crippen LogP contribution >= 0.6 is 12.2 Å². The van der Waals surface area contributed by atoms with Crippen LogP contribution in [0.2, 0.25) is 0 Å². The van der Waals surface area contributed by atoms with E-state index >= 15 is 0 Å². The molecule has 1 aromatic carbocycles. The van der Waals surface area contributed by atoms with Gasteiger partial charge in [0.05, 0.1) is 48.1 Å². The zero-order valence-corrected chi connectivity index (χ0v) is 21.5. The molecule has 0 amide bonds. The number of hydrogen-bond donors (Lipinski definition) is 1. The molecule has 9 nitrogen and oxygen atoms in total. The van der Waals surface area contributed by atoms with E-state index in [1.165, 1.54) is 13.2 Å². The monoisotopic (exact) mass is 514 g/mol. The summed E-state index contributed by atoms with van der Waals surface area (Å²) < 4.78 is 7.15. The number of rotatable bonds is 7. The molecule has 0 radical (unpaired) electrons. The number of methoxy groups -OCH3 is 1. The molecule has 4 heterocycles. The summed E-state index contributed by atoms with van der Waals surface area (Å²) in [5.74, 6) is 0.431. The van der Waals surface area contributed by atoms with Crippen LogP contribution in [0, 0.1) is 24.0 Å². The number of pyridine rings is 2. The summed E-state index contributed by atoms with van der Waals surface area (Å²) in [6, 6.07) is 18.2. The van der Waals surface area contributed by atoms with E-state index in [4.69, 9.17) is 17.0 Å². The second-order valence-electron chi connectivity index (χ2n) is 8.85. The van der Waals surface area contributed by atoms with Crippen LogP contribution in [0.5, 0.6) is 5.75 Å².